The Kier molecular flexibility index (Phi) is 10.5. The van der Waals surface area contributed by atoms with E-state index in [2.05, 4.69) is 86.9 Å². The van der Waals surface area contributed by atoms with Gasteiger partial charge >= 0.3 is 0 Å². The number of likely N-dealkylation sites (N-methyl/N-ethyl adjacent to an activating group) is 2. The molecule has 2 aromatic rings. The van der Waals surface area contributed by atoms with E-state index in [1.165, 1.54) is 27.8 Å². The second kappa shape index (κ2) is 13.6. The molecule has 0 spiro atoms. The summed E-state index contributed by atoms with van der Waals surface area (Å²) in [6, 6.07) is 15.4. The van der Waals surface area contributed by atoms with Crippen LogP contribution in [0.5, 0.6) is 11.5 Å². The van der Waals surface area contributed by atoms with Crippen LogP contribution >= 0.6 is 0 Å². The van der Waals surface area contributed by atoms with E-state index in [-0.39, 0.29) is 0 Å². The van der Waals surface area contributed by atoms with Gasteiger partial charge in [-0.1, -0.05) is 58.4 Å². The lowest BCUT2D eigenvalue weighted by atomic mass is 9.81. The predicted molar refractivity (Wildman–Crippen MR) is 144 cm³/mol. The summed E-state index contributed by atoms with van der Waals surface area (Å²) in [4.78, 5) is 4.77. The minimum Gasteiger partial charge on any atom is -0.492 e. The van der Waals surface area contributed by atoms with Gasteiger partial charge in [-0.3, -0.25) is 0 Å². The van der Waals surface area contributed by atoms with E-state index >= 15 is 0 Å². The topological polar surface area (TPSA) is 24.9 Å². The van der Waals surface area contributed by atoms with Crippen molar-refractivity contribution < 1.29 is 9.47 Å². The highest BCUT2D eigenvalue weighted by Gasteiger charge is 2.20. The van der Waals surface area contributed by atoms with Gasteiger partial charge in [0.1, 0.15) is 24.7 Å². The second-order valence-electron chi connectivity index (χ2n) is 8.93. The summed E-state index contributed by atoms with van der Waals surface area (Å²) < 4.78 is 12.1. The molecule has 1 aliphatic rings. The average Bonchev–Trinajstić information content (AvgIpc) is 2.89. The first-order valence-electron chi connectivity index (χ1n) is 13.3. The smallest absolute Gasteiger partial charge is 0.119 e. The molecule has 0 unspecified atom stereocenters. The van der Waals surface area contributed by atoms with Crippen molar-refractivity contribution in [1.29, 1.82) is 0 Å². The van der Waals surface area contributed by atoms with Crippen molar-refractivity contribution in [3.63, 3.8) is 0 Å². The molecule has 0 radical (unpaired) electrons. The first-order chi connectivity index (χ1) is 16.6. The Morgan fingerprint density at radius 1 is 0.676 bits per heavy atom. The van der Waals surface area contributed by atoms with E-state index in [0.29, 0.717) is 0 Å². The molecule has 0 aromatic heterocycles. The lowest BCUT2D eigenvalue weighted by molar-refractivity contribution is 0.222. The lowest BCUT2D eigenvalue weighted by Crippen LogP contribution is -2.27. The molecule has 0 atom stereocenters. The van der Waals surface area contributed by atoms with Gasteiger partial charge in [-0.2, -0.15) is 0 Å². The molecule has 4 heteroatoms. The van der Waals surface area contributed by atoms with Crippen molar-refractivity contribution >= 4 is 5.57 Å². The molecule has 0 N–H and O–H groups in total. The lowest BCUT2D eigenvalue weighted by Gasteiger charge is -2.25. The standard InChI is InChI=1S/C30H44N2O2/c1-6-24-11-12-26-23-28(34-22-20-32(9-4)10-5)17-18-29(26)30(24)25-13-15-27(16-14-25)33-21-19-31(7-2)8-3/h13-18,23H,6-12,19-22H2,1-5H3. The molecule has 1 aliphatic carbocycles. The minimum atomic E-state index is 0.726. The number of hydrogen-bond acceptors (Lipinski definition) is 4. The SMILES string of the molecule is CCC1=C(c2ccc(OCCN(CC)CC)cc2)c2ccc(OCCN(CC)CC)cc2CC1. The number of nitrogens with zero attached hydrogens (tertiary/aromatic N) is 2. The summed E-state index contributed by atoms with van der Waals surface area (Å²) in [6.07, 6.45) is 3.28. The van der Waals surface area contributed by atoms with Crippen LogP contribution in [0.3, 0.4) is 0 Å². The minimum absolute atomic E-state index is 0.726. The molecule has 186 valence electrons. The van der Waals surface area contributed by atoms with Crippen LogP contribution in [0.15, 0.2) is 48.0 Å². The van der Waals surface area contributed by atoms with Crippen LogP contribution in [0.2, 0.25) is 0 Å². The Balaban J connectivity index is 1.71. The summed E-state index contributed by atoms with van der Waals surface area (Å²) in [6.45, 7) is 18.7. The first kappa shape index (κ1) is 26.3. The predicted octanol–water partition coefficient (Wildman–Crippen LogP) is 6.29. The Morgan fingerprint density at radius 2 is 1.24 bits per heavy atom. The molecule has 0 amide bonds. The van der Waals surface area contributed by atoms with Gasteiger partial charge in [0.25, 0.3) is 0 Å². The average molecular weight is 465 g/mol. The Labute approximate surface area is 207 Å². The van der Waals surface area contributed by atoms with Crippen molar-refractivity contribution in [2.45, 2.75) is 53.9 Å². The maximum absolute atomic E-state index is 6.11. The first-order valence-corrected chi connectivity index (χ1v) is 13.3. The number of hydrogen-bond donors (Lipinski definition) is 0. The van der Waals surface area contributed by atoms with Crippen molar-refractivity contribution in [2.75, 3.05) is 52.5 Å². The van der Waals surface area contributed by atoms with Gasteiger partial charge in [-0.15, -0.1) is 0 Å². The summed E-state index contributed by atoms with van der Waals surface area (Å²) >= 11 is 0. The number of allylic oxidation sites excluding steroid dienone is 1. The highest BCUT2D eigenvalue weighted by atomic mass is 16.5. The van der Waals surface area contributed by atoms with Crippen LogP contribution in [-0.2, 0) is 6.42 Å². The van der Waals surface area contributed by atoms with Gasteiger partial charge in [-0.25, -0.2) is 0 Å². The zero-order valence-corrected chi connectivity index (χ0v) is 22.0. The number of benzene rings is 2. The molecule has 2 aromatic carbocycles. The number of fused-ring (bicyclic) bond motifs is 1. The molecular weight excluding hydrogens is 420 g/mol. The van der Waals surface area contributed by atoms with Crippen LogP contribution in [0.4, 0.5) is 0 Å². The second-order valence-corrected chi connectivity index (χ2v) is 8.93. The fourth-order valence-electron chi connectivity index (χ4n) is 4.81. The molecule has 0 bridgehead atoms. The fraction of sp³-hybridized carbons (Fsp3) is 0.533. The van der Waals surface area contributed by atoms with Crippen LogP contribution in [-0.4, -0.2) is 62.3 Å². The van der Waals surface area contributed by atoms with E-state index in [4.69, 9.17) is 9.47 Å². The van der Waals surface area contributed by atoms with E-state index in [1.54, 1.807) is 0 Å². The van der Waals surface area contributed by atoms with Gasteiger partial charge in [0.05, 0.1) is 0 Å². The zero-order chi connectivity index (χ0) is 24.3. The van der Waals surface area contributed by atoms with E-state index in [0.717, 1.165) is 83.2 Å². The summed E-state index contributed by atoms with van der Waals surface area (Å²) in [5.74, 6) is 1.93. The van der Waals surface area contributed by atoms with Gasteiger partial charge in [0.15, 0.2) is 0 Å². The number of rotatable bonds is 14. The van der Waals surface area contributed by atoms with Gasteiger partial charge < -0.3 is 19.3 Å². The van der Waals surface area contributed by atoms with Crippen molar-refractivity contribution in [1.82, 2.24) is 9.80 Å². The maximum atomic E-state index is 6.11. The highest BCUT2D eigenvalue weighted by molar-refractivity contribution is 5.85. The molecule has 4 nitrogen and oxygen atoms in total. The summed E-state index contributed by atoms with van der Waals surface area (Å²) in [7, 11) is 0. The molecule has 34 heavy (non-hydrogen) atoms. The van der Waals surface area contributed by atoms with Crippen LogP contribution in [0.25, 0.3) is 5.57 Å². The quantitative estimate of drug-likeness (QED) is 0.328. The van der Waals surface area contributed by atoms with E-state index in [1.807, 2.05) is 0 Å². The van der Waals surface area contributed by atoms with Crippen LogP contribution in [0.1, 0.15) is 64.2 Å². The highest BCUT2D eigenvalue weighted by Crippen LogP contribution is 2.39. The monoisotopic (exact) mass is 464 g/mol. The molecule has 0 heterocycles. The maximum Gasteiger partial charge on any atom is 0.119 e. The fourth-order valence-corrected chi connectivity index (χ4v) is 4.81. The Bertz CT molecular complexity index is 912. The third-order valence-corrected chi connectivity index (χ3v) is 7.11. The third kappa shape index (κ3) is 6.86. The molecule has 3 rings (SSSR count). The molecule has 0 saturated carbocycles. The van der Waals surface area contributed by atoms with E-state index in [9.17, 15) is 0 Å². The Hall–Kier alpha value is -2.30. The summed E-state index contributed by atoms with van der Waals surface area (Å²) in [5, 5.41) is 0. The molecule has 0 saturated heterocycles. The molecule has 0 fully saturated rings. The zero-order valence-electron chi connectivity index (χ0n) is 22.0. The molecular formula is C30H44N2O2. The van der Waals surface area contributed by atoms with Gasteiger partial charge in [-0.05, 0) is 92.0 Å². The number of ether oxygens (including phenoxy) is 2. The van der Waals surface area contributed by atoms with Crippen molar-refractivity contribution in [3.8, 4) is 11.5 Å². The largest absolute Gasteiger partial charge is 0.492 e. The van der Waals surface area contributed by atoms with Crippen LogP contribution in [0, 0.1) is 0 Å². The number of aryl methyl sites for hydroxylation is 1. The van der Waals surface area contributed by atoms with Gasteiger partial charge in [0.2, 0.25) is 0 Å². The van der Waals surface area contributed by atoms with Gasteiger partial charge in [0, 0.05) is 13.1 Å². The normalized spacial score (nSPS) is 13.5. The van der Waals surface area contributed by atoms with Crippen molar-refractivity contribution in [2.24, 2.45) is 0 Å². The third-order valence-electron chi connectivity index (χ3n) is 7.11. The Morgan fingerprint density at radius 3 is 1.79 bits per heavy atom. The van der Waals surface area contributed by atoms with Crippen LogP contribution < -0.4 is 9.47 Å². The summed E-state index contributed by atoms with van der Waals surface area (Å²) in [5.41, 5.74) is 6.97. The molecule has 0 aliphatic heterocycles. The van der Waals surface area contributed by atoms with E-state index < -0.39 is 0 Å². The van der Waals surface area contributed by atoms with Crippen molar-refractivity contribution in [3.05, 3.63) is 64.7 Å².